The Morgan fingerprint density at radius 1 is 1.00 bits per heavy atom. The summed E-state index contributed by atoms with van der Waals surface area (Å²) in [6, 6.07) is 17.1. The molecule has 2 rings (SSSR count). The first-order valence-electron chi connectivity index (χ1n) is 7.67. The number of rotatable bonds is 6. The van der Waals surface area contributed by atoms with Gasteiger partial charge in [-0.2, -0.15) is 0 Å². The fraction of sp³-hybridized carbons (Fsp3) is 0.368. The number of aryl methyl sites for hydroxylation is 1. The molecule has 2 unspecified atom stereocenters. The van der Waals surface area contributed by atoms with Gasteiger partial charge in [0.1, 0.15) is 11.9 Å². The Bertz CT molecular complexity index is 565. The molecule has 0 heterocycles. The quantitative estimate of drug-likeness (QED) is 0.821. The Morgan fingerprint density at radius 2 is 1.71 bits per heavy atom. The van der Waals surface area contributed by atoms with Crippen LogP contribution in [0.1, 0.15) is 49.6 Å². The maximum Gasteiger partial charge on any atom is 0.123 e. The minimum atomic E-state index is 0.0574. The molecule has 0 fully saturated rings. The van der Waals surface area contributed by atoms with Crippen molar-refractivity contribution < 1.29 is 4.74 Å². The second-order valence-electron chi connectivity index (χ2n) is 5.48. The molecule has 0 radical (unpaired) electrons. The zero-order valence-corrected chi connectivity index (χ0v) is 13.4. The van der Waals surface area contributed by atoms with Crippen molar-refractivity contribution in [3.05, 3.63) is 65.2 Å². The van der Waals surface area contributed by atoms with Crippen LogP contribution in [0.25, 0.3) is 0 Å². The van der Waals surface area contributed by atoms with Crippen LogP contribution in [0.5, 0.6) is 5.75 Å². The van der Waals surface area contributed by atoms with E-state index in [9.17, 15) is 0 Å². The van der Waals surface area contributed by atoms with E-state index in [2.05, 4.69) is 63.3 Å². The number of hydrogen-bond acceptors (Lipinski definition) is 2. The molecular formula is C19H25NO. The summed E-state index contributed by atoms with van der Waals surface area (Å²) >= 11 is 0. The average Bonchev–Trinajstić information content (AvgIpc) is 2.50. The number of nitrogens with one attached hydrogen (secondary N) is 1. The average molecular weight is 283 g/mol. The van der Waals surface area contributed by atoms with E-state index in [4.69, 9.17) is 4.74 Å². The Balaban J connectivity index is 2.11. The second kappa shape index (κ2) is 7.28. The van der Waals surface area contributed by atoms with Crippen molar-refractivity contribution >= 4 is 0 Å². The maximum atomic E-state index is 6.11. The van der Waals surface area contributed by atoms with Crippen molar-refractivity contribution in [2.75, 3.05) is 6.54 Å². The van der Waals surface area contributed by atoms with E-state index in [0.29, 0.717) is 6.04 Å². The van der Waals surface area contributed by atoms with Gasteiger partial charge >= 0.3 is 0 Å². The SMILES string of the molecule is CCNC(C)c1ccc(OC(C)c2ccccc2)c(C)c1. The van der Waals surface area contributed by atoms with Gasteiger partial charge in [0.2, 0.25) is 0 Å². The Hall–Kier alpha value is -1.80. The van der Waals surface area contributed by atoms with Crippen molar-refractivity contribution in [1.82, 2.24) is 5.32 Å². The first-order valence-corrected chi connectivity index (χ1v) is 7.67. The second-order valence-corrected chi connectivity index (χ2v) is 5.48. The van der Waals surface area contributed by atoms with Gasteiger partial charge < -0.3 is 10.1 Å². The van der Waals surface area contributed by atoms with E-state index in [0.717, 1.165) is 12.3 Å². The molecule has 0 aliphatic carbocycles. The van der Waals surface area contributed by atoms with Crippen LogP contribution >= 0.6 is 0 Å². The molecule has 0 spiro atoms. The van der Waals surface area contributed by atoms with Crippen LogP contribution in [-0.2, 0) is 0 Å². The Morgan fingerprint density at radius 3 is 2.33 bits per heavy atom. The highest BCUT2D eigenvalue weighted by Gasteiger charge is 2.10. The fourth-order valence-corrected chi connectivity index (χ4v) is 2.48. The molecule has 0 aliphatic rings. The van der Waals surface area contributed by atoms with Gasteiger partial charge in [0, 0.05) is 6.04 Å². The smallest absolute Gasteiger partial charge is 0.123 e. The third-order valence-electron chi connectivity index (χ3n) is 3.78. The lowest BCUT2D eigenvalue weighted by Gasteiger charge is -2.19. The van der Waals surface area contributed by atoms with Crippen molar-refractivity contribution in [2.45, 2.75) is 39.8 Å². The molecule has 0 amide bonds. The van der Waals surface area contributed by atoms with Crippen LogP contribution in [0.3, 0.4) is 0 Å². The fourth-order valence-electron chi connectivity index (χ4n) is 2.48. The summed E-state index contributed by atoms with van der Waals surface area (Å²) in [5.41, 5.74) is 3.68. The molecule has 0 aliphatic heterocycles. The topological polar surface area (TPSA) is 21.3 Å². The minimum Gasteiger partial charge on any atom is -0.486 e. The molecule has 21 heavy (non-hydrogen) atoms. The highest BCUT2D eigenvalue weighted by molar-refractivity contribution is 5.38. The number of hydrogen-bond donors (Lipinski definition) is 1. The lowest BCUT2D eigenvalue weighted by atomic mass is 10.0. The van der Waals surface area contributed by atoms with Gasteiger partial charge in [-0.1, -0.05) is 49.4 Å². The van der Waals surface area contributed by atoms with Crippen LogP contribution in [-0.4, -0.2) is 6.54 Å². The Kier molecular flexibility index (Phi) is 5.40. The first kappa shape index (κ1) is 15.6. The van der Waals surface area contributed by atoms with Gasteiger partial charge in [0.15, 0.2) is 0 Å². The highest BCUT2D eigenvalue weighted by Crippen LogP contribution is 2.27. The predicted molar refractivity (Wildman–Crippen MR) is 88.8 cm³/mol. The number of benzene rings is 2. The van der Waals surface area contributed by atoms with Crippen LogP contribution < -0.4 is 10.1 Å². The van der Waals surface area contributed by atoms with E-state index < -0.39 is 0 Å². The van der Waals surface area contributed by atoms with Crippen molar-refractivity contribution in [1.29, 1.82) is 0 Å². The van der Waals surface area contributed by atoms with E-state index in [-0.39, 0.29) is 6.10 Å². The maximum absolute atomic E-state index is 6.11. The van der Waals surface area contributed by atoms with E-state index in [1.807, 2.05) is 18.2 Å². The van der Waals surface area contributed by atoms with Crippen molar-refractivity contribution in [3.8, 4) is 5.75 Å². The summed E-state index contributed by atoms with van der Waals surface area (Å²) in [5.74, 6) is 0.957. The normalized spacial score (nSPS) is 13.7. The van der Waals surface area contributed by atoms with Crippen LogP contribution in [0.15, 0.2) is 48.5 Å². The molecule has 112 valence electrons. The predicted octanol–water partition coefficient (Wildman–Crippen LogP) is 4.81. The Labute approximate surface area is 128 Å². The molecule has 0 aromatic heterocycles. The summed E-state index contributed by atoms with van der Waals surface area (Å²) in [5, 5.41) is 3.43. The largest absolute Gasteiger partial charge is 0.486 e. The van der Waals surface area contributed by atoms with E-state index in [1.165, 1.54) is 16.7 Å². The summed E-state index contributed by atoms with van der Waals surface area (Å²) in [7, 11) is 0. The van der Waals surface area contributed by atoms with Crippen LogP contribution in [0, 0.1) is 6.92 Å². The molecule has 0 saturated carbocycles. The zero-order valence-electron chi connectivity index (χ0n) is 13.4. The monoisotopic (exact) mass is 283 g/mol. The molecular weight excluding hydrogens is 258 g/mol. The summed E-state index contributed by atoms with van der Waals surface area (Å²) in [4.78, 5) is 0. The van der Waals surface area contributed by atoms with Crippen molar-refractivity contribution in [2.24, 2.45) is 0 Å². The van der Waals surface area contributed by atoms with E-state index in [1.54, 1.807) is 0 Å². The number of ether oxygens (including phenoxy) is 1. The molecule has 1 N–H and O–H groups in total. The molecule has 0 saturated heterocycles. The van der Waals surface area contributed by atoms with Gasteiger partial charge in [-0.25, -0.2) is 0 Å². The van der Waals surface area contributed by atoms with Gasteiger partial charge in [0.25, 0.3) is 0 Å². The van der Waals surface area contributed by atoms with Crippen molar-refractivity contribution in [3.63, 3.8) is 0 Å². The van der Waals surface area contributed by atoms with Gasteiger partial charge in [-0.3, -0.25) is 0 Å². The van der Waals surface area contributed by atoms with E-state index >= 15 is 0 Å². The third kappa shape index (κ3) is 4.08. The molecule has 0 bridgehead atoms. The summed E-state index contributed by atoms with van der Waals surface area (Å²) in [6.07, 6.45) is 0.0574. The molecule has 2 heteroatoms. The lowest BCUT2D eigenvalue weighted by Crippen LogP contribution is -2.17. The van der Waals surface area contributed by atoms with Crippen LogP contribution in [0.2, 0.25) is 0 Å². The summed E-state index contributed by atoms with van der Waals surface area (Å²) < 4.78 is 6.11. The van der Waals surface area contributed by atoms with Gasteiger partial charge in [0.05, 0.1) is 0 Å². The summed E-state index contributed by atoms with van der Waals surface area (Å²) in [6.45, 7) is 9.48. The minimum absolute atomic E-state index is 0.0574. The highest BCUT2D eigenvalue weighted by atomic mass is 16.5. The van der Waals surface area contributed by atoms with Crippen LogP contribution in [0.4, 0.5) is 0 Å². The standard InChI is InChI=1S/C19H25NO/c1-5-20-15(3)18-11-12-19(14(2)13-18)21-16(4)17-9-7-6-8-10-17/h6-13,15-16,20H,5H2,1-4H3. The third-order valence-corrected chi connectivity index (χ3v) is 3.78. The molecule has 2 aromatic rings. The molecule has 2 aromatic carbocycles. The van der Waals surface area contributed by atoms with Gasteiger partial charge in [-0.05, 0) is 50.1 Å². The lowest BCUT2D eigenvalue weighted by molar-refractivity contribution is 0.225. The zero-order chi connectivity index (χ0) is 15.2. The first-order chi connectivity index (χ1) is 10.1. The molecule has 2 nitrogen and oxygen atoms in total. The van der Waals surface area contributed by atoms with Gasteiger partial charge in [-0.15, -0.1) is 0 Å². The molecule has 2 atom stereocenters.